The molecule has 1 aliphatic rings. The van der Waals surface area contributed by atoms with Crippen LogP contribution < -0.4 is 5.32 Å². The molecule has 0 atom stereocenters. The number of carbonyl (C=O) groups is 1. The first-order valence-corrected chi connectivity index (χ1v) is 5.54. The van der Waals surface area contributed by atoms with E-state index in [9.17, 15) is 14.9 Å². The predicted octanol–water partition coefficient (Wildman–Crippen LogP) is 1.75. The van der Waals surface area contributed by atoms with Crippen molar-refractivity contribution in [3.05, 3.63) is 28.0 Å². The number of nitrogens with zero attached hydrogens (tertiary/aromatic N) is 2. The molecule has 18 heavy (non-hydrogen) atoms. The van der Waals surface area contributed by atoms with Gasteiger partial charge in [0.05, 0.1) is 12.1 Å². The lowest BCUT2D eigenvalue weighted by atomic mass is 10.00. The number of hydrogen-bond acceptors (Lipinski definition) is 5. The monoisotopic (exact) mass is 249 g/mol. The van der Waals surface area contributed by atoms with Crippen molar-refractivity contribution in [3.8, 4) is 6.07 Å². The molecule has 2 rings (SSSR count). The zero-order chi connectivity index (χ0) is 13.2. The number of rotatable bonds is 3. The molecule has 1 amide bonds. The highest BCUT2D eigenvalue weighted by Crippen LogP contribution is 2.29. The average Bonchev–Trinajstić information content (AvgIpc) is 2.98. The molecule has 7 nitrogen and oxygen atoms in total. The molecule has 1 aromatic heterocycles. The van der Waals surface area contributed by atoms with Gasteiger partial charge in [0.25, 0.3) is 5.91 Å². The summed E-state index contributed by atoms with van der Waals surface area (Å²) in [6, 6.07) is 4.44. The van der Waals surface area contributed by atoms with Gasteiger partial charge in [0.2, 0.25) is 0 Å². The summed E-state index contributed by atoms with van der Waals surface area (Å²) in [6.45, 7) is 0. The number of amides is 1. The minimum absolute atomic E-state index is 0.150. The van der Waals surface area contributed by atoms with Gasteiger partial charge in [0.1, 0.15) is 10.5 Å². The molecule has 0 spiro atoms. The van der Waals surface area contributed by atoms with Crippen molar-refractivity contribution in [2.75, 3.05) is 0 Å². The Morgan fingerprint density at radius 3 is 2.67 bits per heavy atom. The van der Waals surface area contributed by atoms with Crippen LogP contribution in [-0.2, 0) is 0 Å². The second-order valence-electron chi connectivity index (χ2n) is 4.25. The number of furan rings is 1. The summed E-state index contributed by atoms with van der Waals surface area (Å²) in [7, 11) is 0. The van der Waals surface area contributed by atoms with Gasteiger partial charge >= 0.3 is 5.88 Å². The molecule has 0 saturated heterocycles. The second kappa shape index (κ2) is 4.49. The molecule has 0 bridgehead atoms. The van der Waals surface area contributed by atoms with Gasteiger partial charge in [-0.05, 0) is 31.7 Å². The van der Waals surface area contributed by atoms with Crippen LogP contribution in [0.15, 0.2) is 16.5 Å². The molecule has 94 valence electrons. The second-order valence-corrected chi connectivity index (χ2v) is 4.25. The Morgan fingerprint density at radius 2 is 2.17 bits per heavy atom. The minimum Gasteiger partial charge on any atom is -0.395 e. The van der Waals surface area contributed by atoms with Gasteiger partial charge in [0, 0.05) is 0 Å². The van der Waals surface area contributed by atoms with Crippen molar-refractivity contribution in [2.45, 2.75) is 31.2 Å². The van der Waals surface area contributed by atoms with Crippen molar-refractivity contribution >= 4 is 11.8 Å². The zero-order valence-corrected chi connectivity index (χ0v) is 9.51. The quantitative estimate of drug-likeness (QED) is 0.648. The van der Waals surface area contributed by atoms with Crippen molar-refractivity contribution < 1.29 is 14.1 Å². The van der Waals surface area contributed by atoms with Gasteiger partial charge in [-0.3, -0.25) is 14.9 Å². The third-order valence-electron chi connectivity index (χ3n) is 3.02. The minimum atomic E-state index is -0.862. The van der Waals surface area contributed by atoms with Crippen molar-refractivity contribution in [2.24, 2.45) is 0 Å². The van der Waals surface area contributed by atoms with E-state index in [2.05, 4.69) is 11.4 Å². The summed E-state index contributed by atoms with van der Waals surface area (Å²) >= 11 is 0. The Balaban J connectivity index is 2.12. The first-order valence-electron chi connectivity index (χ1n) is 5.54. The standard InChI is InChI=1S/C11H11N3O4/c12-7-11(5-1-2-6-11)13-10(15)8-3-4-9(18-8)14(16)17/h3-4H,1-2,5-6H2,(H,13,15). The molecule has 1 heterocycles. The van der Waals surface area contributed by atoms with Crippen molar-refractivity contribution in [1.29, 1.82) is 5.26 Å². The smallest absolute Gasteiger partial charge is 0.395 e. The molecule has 0 radical (unpaired) electrons. The first-order chi connectivity index (χ1) is 8.56. The first kappa shape index (κ1) is 12.1. The molecule has 0 aliphatic heterocycles. The van der Waals surface area contributed by atoms with E-state index in [1.807, 2.05) is 0 Å². The summed E-state index contributed by atoms with van der Waals surface area (Å²) in [5, 5.41) is 22.1. The fourth-order valence-corrected chi connectivity index (χ4v) is 2.07. The molecular formula is C11H11N3O4. The van der Waals surface area contributed by atoms with Crippen LogP contribution in [0, 0.1) is 21.4 Å². The summed E-state index contributed by atoms with van der Waals surface area (Å²) < 4.78 is 4.79. The number of hydrogen-bond donors (Lipinski definition) is 1. The highest BCUT2D eigenvalue weighted by Gasteiger charge is 2.36. The molecule has 1 aromatic rings. The highest BCUT2D eigenvalue weighted by molar-refractivity contribution is 5.92. The lowest BCUT2D eigenvalue weighted by molar-refractivity contribution is -0.402. The van der Waals surface area contributed by atoms with E-state index in [-0.39, 0.29) is 5.76 Å². The topological polar surface area (TPSA) is 109 Å². The maximum absolute atomic E-state index is 11.8. The van der Waals surface area contributed by atoms with Gasteiger partial charge in [0.15, 0.2) is 5.76 Å². The van der Waals surface area contributed by atoms with Gasteiger partial charge in [-0.1, -0.05) is 0 Å². The largest absolute Gasteiger partial charge is 0.433 e. The van der Waals surface area contributed by atoms with Crippen LogP contribution in [-0.4, -0.2) is 16.4 Å². The third kappa shape index (κ3) is 2.18. The van der Waals surface area contributed by atoms with Crippen LogP contribution in [0.2, 0.25) is 0 Å². The van der Waals surface area contributed by atoms with E-state index in [0.29, 0.717) is 12.8 Å². The summed E-state index contributed by atoms with van der Waals surface area (Å²) in [6.07, 6.45) is 2.95. The van der Waals surface area contributed by atoms with Gasteiger partial charge in [-0.15, -0.1) is 0 Å². The lowest BCUT2D eigenvalue weighted by Gasteiger charge is -2.20. The molecule has 1 fully saturated rings. The van der Waals surface area contributed by atoms with Crippen LogP contribution in [0.25, 0.3) is 0 Å². The van der Waals surface area contributed by atoms with Crippen LogP contribution >= 0.6 is 0 Å². The lowest BCUT2D eigenvalue weighted by Crippen LogP contribution is -2.44. The van der Waals surface area contributed by atoms with E-state index in [0.717, 1.165) is 18.9 Å². The number of nitro groups is 1. The zero-order valence-electron chi connectivity index (χ0n) is 9.51. The molecular weight excluding hydrogens is 238 g/mol. The maximum atomic E-state index is 11.8. The molecule has 1 N–H and O–H groups in total. The van der Waals surface area contributed by atoms with E-state index in [4.69, 9.17) is 9.68 Å². The summed E-state index contributed by atoms with van der Waals surface area (Å²) in [5.74, 6) is -1.23. The molecule has 7 heteroatoms. The van der Waals surface area contributed by atoms with E-state index in [1.54, 1.807) is 0 Å². The van der Waals surface area contributed by atoms with Crippen molar-refractivity contribution in [3.63, 3.8) is 0 Å². The van der Waals surface area contributed by atoms with E-state index in [1.165, 1.54) is 6.07 Å². The van der Waals surface area contributed by atoms with Gasteiger partial charge < -0.3 is 9.73 Å². The van der Waals surface area contributed by atoms with Gasteiger partial charge in [-0.25, -0.2) is 0 Å². The Hall–Kier alpha value is -2.36. The Bertz CT molecular complexity index is 523. The summed E-state index contributed by atoms with van der Waals surface area (Å²) in [4.78, 5) is 21.5. The number of nitrogens with one attached hydrogen (secondary N) is 1. The fraction of sp³-hybridized carbons (Fsp3) is 0.455. The summed E-state index contributed by atoms with van der Waals surface area (Å²) in [5.41, 5.74) is -0.862. The van der Waals surface area contributed by atoms with Crippen LogP contribution in [0.4, 0.5) is 5.88 Å². The maximum Gasteiger partial charge on any atom is 0.433 e. The fourth-order valence-electron chi connectivity index (χ4n) is 2.07. The number of nitriles is 1. The predicted molar refractivity (Wildman–Crippen MR) is 59.6 cm³/mol. The van der Waals surface area contributed by atoms with Crippen LogP contribution in [0.5, 0.6) is 0 Å². The molecule has 0 aromatic carbocycles. The highest BCUT2D eigenvalue weighted by atomic mass is 16.6. The molecule has 0 unspecified atom stereocenters. The van der Waals surface area contributed by atoms with Crippen LogP contribution in [0.3, 0.4) is 0 Å². The van der Waals surface area contributed by atoms with Gasteiger partial charge in [-0.2, -0.15) is 5.26 Å². The van der Waals surface area contributed by atoms with Crippen LogP contribution in [0.1, 0.15) is 36.2 Å². The number of carbonyl (C=O) groups excluding carboxylic acids is 1. The third-order valence-corrected chi connectivity index (χ3v) is 3.02. The SMILES string of the molecule is N#CC1(NC(=O)c2ccc([N+](=O)[O-])o2)CCCC1. The average molecular weight is 249 g/mol. The van der Waals surface area contributed by atoms with Crippen molar-refractivity contribution in [1.82, 2.24) is 5.32 Å². The Labute approximate surface area is 103 Å². The normalized spacial score (nSPS) is 17.1. The Morgan fingerprint density at radius 1 is 1.50 bits per heavy atom. The van der Waals surface area contributed by atoms with E-state index >= 15 is 0 Å². The Kier molecular flexibility index (Phi) is 3.02. The van der Waals surface area contributed by atoms with E-state index < -0.39 is 22.3 Å². The molecule has 1 aliphatic carbocycles. The molecule has 1 saturated carbocycles.